The quantitative estimate of drug-likeness (QED) is 0.452. The van der Waals surface area contributed by atoms with Crippen LogP contribution < -0.4 is 10.6 Å². The predicted octanol–water partition coefficient (Wildman–Crippen LogP) is 6.32. The molecule has 1 atom stereocenters. The van der Waals surface area contributed by atoms with Gasteiger partial charge in [-0.05, 0) is 56.2 Å². The van der Waals surface area contributed by atoms with Gasteiger partial charge < -0.3 is 20.3 Å². The zero-order chi connectivity index (χ0) is 24.2. The zero-order valence-electron chi connectivity index (χ0n) is 18.7. The monoisotopic (exact) mass is 518 g/mol. The highest BCUT2D eigenvalue weighted by molar-refractivity contribution is 8.13. The molecule has 1 saturated heterocycles. The highest BCUT2D eigenvalue weighted by atomic mass is 35.5. The molecule has 2 aromatic rings. The highest BCUT2D eigenvalue weighted by Gasteiger charge is 2.37. The average Bonchev–Trinajstić information content (AvgIpc) is 2.80. The van der Waals surface area contributed by atoms with E-state index in [-0.39, 0.29) is 18.6 Å². The summed E-state index contributed by atoms with van der Waals surface area (Å²) in [6.07, 6.45) is 0.985. The van der Waals surface area contributed by atoms with Gasteiger partial charge in [0.25, 0.3) is 0 Å². The van der Waals surface area contributed by atoms with Crippen LogP contribution in [0.3, 0.4) is 0 Å². The first-order valence-electron chi connectivity index (χ1n) is 10.9. The predicted molar refractivity (Wildman–Crippen MR) is 139 cm³/mol. The molecule has 0 radical (unpaired) electrons. The van der Waals surface area contributed by atoms with E-state index in [4.69, 9.17) is 27.9 Å². The van der Waals surface area contributed by atoms with Crippen LogP contribution in [0, 0.1) is 0 Å². The molecule has 2 aromatic carbocycles. The van der Waals surface area contributed by atoms with Crippen molar-refractivity contribution < 1.29 is 14.3 Å². The molecule has 0 spiro atoms. The summed E-state index contributed by atoms with van der Waals surface area (Å²) in [4.78, 5) is 32.3. The molecule has 0 bridgehead atoms. The number of amidine groups is 1. The van der Waals surface area contributed by atoms with Crippen molar-refractivity contribution in [3.05, 3.63) is 69.3 Å². The summed E-state index contributed by atoms with van der Waals surface area (Å²) < 4.78 is 5.36. The molecule has 0 saturated carbocycles. The Kier molecular flexibility index (Phi) is 7.70. The van der Waals surface area contributed by atoms with E-state index in [1.165, 1.54) is 0 Å². The molecular formula is C24H24Cl2N4O3S. The maximum atomic E-state index is 12.9. The number of halogens is 2. The summed E-state index contributed by atoms with van der Waals surface area (Å²) in [6, 6.07) is 11.5. The van der Waals surface area contributed by atoms with Crippen LogP contribution in [-0.4, -0.2) is 41.0 Å². The van der Waals surface area contributed by atoms with Crippen molar-refractivity contribution in [2.24, 2.45) is 4.99 Å². The first-order valence-corrected chi connectivity index (χ1v) is 12.6. The molecule has 178 valence electrons. The number of hydrogen-bond donors (Lipinski definition) is 2. The molecular weight excluding hydrogens is 495 g/mol. The fraction of sp³-hybridized carbons (Fsp3) is 0.292. The van der Waals surface area contributed by atoms with Gasteiger partial charge in [-0.3, -0.25) is 0 Å². The van der Waals surface area contributed by atoms with Gasteiger partial charge in [0, 0.05) is 23.7 Å². The maximum Gasteiger partial charge on any atom is 0.338 e. The van der Waals surface area contributed by atoms with E-state index in [1.807, 2.05) is 25.1 Å². The van der Waals surface area contributed by atoms with Gasteiger partial charge in [0.1, 0.15) is 0 Å². The van der Waals surface area contributed by atoms with Crippen molar-refractivity contribution in [3.8, 4) is 0 Å². The van der Waals surface area contributed by atoms with E-state index in [2.05, 4.69) is 20.5 Å². The Morgan fingerprint density at radius 1 is 1.15 bits per heavy atom. The van der Waals surface area contributed by atoms with Crippen molar-refractivity contribution >= 4 is 63.5 Å². The van der Waals surface area contributed by atoms with Crippen LogP contribution in [0.1, 0.15) is 31.9 Å². The minimum atomic E-state index is -0.424. The smallest absolute Gasteiger partial charge is 0.338 e. The molecule has 2 aliphatic rings. The Morgan fingerprint density at radius 3 is 2.65 bits per heavy atom. The number of carbonyl (C=O) groups excluding carboxylic acids is 2. The summed E-state index contributed by atoms with van der Waals surface area (Å²) in [5.41, 5.74) is 3.14. The second-order valence-corrected chi connectivity index (χ2v) is 9.62. The molecule has 10 heteroatoms. The number of nitrogens with one attached hydrogen (secondary N) is 2. The van der Waals surface area contributed by atoms with Gasteiger partial charge in [0.15, 0.2) is 5.17 Å². The number of ether oxygens (including phenoxy) is 1. The van der Waals surface area contributed by atoms with Crippen molar-refractivity contribution in [2.45, 2.75) is 26.3 Å². The van der Waals surface area contributed by atoms with E-state index < -0.39 is 6.03 Å². The van der Waals surface area contributed by atoms with Crippen molar-refractivity contribution in [1.82, 2.24) is 4.90 Å². The molecule has 34 heavy (non-hydrogen) atoms. The Bertz CT molecular complexity index is 1180. The number of anilines is 2. The molecule has 2 aliphatic heterocycles. The van der Waals surface area contributed by atoms with Crippen LogP contribution in [0.25, 0.3) is 0 Å². The Balaban J connectivity index is 1.60. The number of thioether (sulfide) groups is 1. The second kappa shape index (κ2) is 10.7. The lowest BCUT2D eigenvalue weighted by molar-refractivity contribution is -0.139. The third-order valence-corrected chi connectivity index (χ3v) is 7.21. The van der Waals surface area contributed by atoms with Gasteiger partial charge in [-0.25, -0.2) is 14.6 Å². The minimum absolute atomic E-state index is 0.282. The molecule has 0 unspecified atom stereocenters. The first-order chi connectivity index (χ1) is 16.4. The van der Waals surface area contributed by atoms with Crippen LogP contribution in [0.15, 0.2) is 58.7 Å². The molecule has 7 nitrogen and oxygen atoms in total. The number of aliphatic imine (C=N–C) groups is 1. The lowest BCUT2D eigenvalue weighted by Crippen LogP contribution is -2.42. The SMILES string of the molecule is CCOC(=O)C1=C(C)N=C2SCCCN2[C@@H]1c1cccc(NC(=O)Nc2ccc(Cl)c(Cl)c2)c1. The number of hydrogen-bond acceptors (Lipinski definition) is 6. The lowest BCUT2D eigenvalue weighted by atomic mass is 9.94. The topological polar surface area (TPSA) is 83.0 Å². The summed E-state index contributed by atoms with van der Waals surface area (Å²) >= 11 is 13.7. The summed E-state index contributed by atoms with van der Waals surface area (Å²) in [7, 11) is 0. The summed E-state index contributed by atoms with van der Waals surface area (Å²) in [5, 5.41) is 7.25. The molecule has 2 N–H and O–H groups in total. The third-order valence-electron chi connectivity index (χ3n) is 5.39. The van der Waals surface area contributed by atoms with Gasteiger partial charge in [-0.15, -0.1) is 0 Å². The minimum Gasteiger partial charge on any atom is -0.463 e. The number of esters is 1. The molecule has 2 amide bonds. The van der Waals surface area contributed by atoms with E-state index in [1.54, 1.807) is 43.0 Å². The van der Waals surface area contributed by atoms with Crippen LogP contribution in [0.5, 0.6) is 0 Å². The molecule has 2 heterocycles. The van der Waals surface area contributed by atoms with Crippen LogP contribution in [0.4, 0.5) is 16.2 Å². The highest BCUT2D eigenvalue weighted by Crippen LogP contribution is 2.40. The first kappa shape index (κ1) is 24.4. The number of benzene rings is 2. The van der Waals surface area contributed by atoms with Gasteiger partial charge in [-0.2, -0.15) is 0 Å². The number of carbonyl (C=O) groups is 2. The number of nitrogens with zero attached hydrogens (tertiary/aromatic N) is 2. The number of fused-ring (bicyclic) bond motifs is 1. The Morgan fingerprint density at radius 2 is 1.91 bits per heavy atom. The van der Waals surface area contributed by atoms with Gasteiger partial charge in [-0.1, -0.05) is 47.1 Å². The van der Waals surface area contributed by atoms with Crippen LogP contribution in [-0.2, 0) is 9.53 Å². The number of rotatable bonds is 5. The second-order valence-electron chi connectivity index (χ2n) is 7.75. The van der Waals surface area contributed by atoms with E-state index in [0.717, 1.165) is 29.4 Å². The Hall–Kier alpha value is -2.68. The fourth-order valence-corrected chi connectivity index (χ4v) is 5.26. The van der Waals surface area contributed by atoms with Crippen molar-refractivity contribution in [2.75, 3.05) is 29.5 Å². The van der Waals surface area contributed by atoms with E-state index in [0.29, 0.717) is 32.7 Å². The number of amides is 2. The standard InChI is InChI=1S/C24H24Cl2N4O3S/c1-3-33-22(31)20-14(2)27-24-30(10-5-11-34-24)21(20)15-6-4-7-16(12-15)28-23(32)29-17-8-9-18(25)19(26)13-17/h4,6-9,12-13,21H,3,5,10-11H2,1-2H3,(H2,28,29,32)/t21-/m1/s1. The summed E-state index contributed by atoms with van der Waals surface area (Å²) in [5.74, 6) is 0.611. The largest absolute Gasteiger partial charge is 0.463 e. The van der Waals surface area contributed by atoms with Gasteiger partial charge >= 0.3 is 12.0 Å². The van der Waals surface area contributed by atoms with Crippen LogP contribution >= 0.6 is 35.0 Å². The molecule has 0 aliphatic carbocycles. The zero-order valence-corrected chi connectivity index (χ0v) is 21.1. The Labute approximate surface area is 212 Å². The van der Waals surface area contributed by atoms with Gasteiger partial charge in [0.05, 0.1) is 34.0 Å². The average molecular weight is 519 g/mol. The van der Waals surface area contributed by atoms with Crippen LogP contribution in [0.2, 0.25) is 10.0 Å². The fourth-order valence-electron chi connectivity index (χ4n) is 3.94. The van der Waals surface area contributed by atoms with Crippen molar-refractivity contribution in [1.29, 1.82) is 0 Å². The van der Waals surface area contributed by atoms with E-state index >= 15 is 0 Å². The lowest BCUT2D eigenvalue weighted by Gasteiger charge is -2.40. The number of allylic oxidation sites excluding steroid dienone is 1. The third kappa shape index (κ3) is 5.35. The maximum absolute atomic E-state index is 12.9. The normalized spacial score (nSPS) is 17.6. The van der Waals surface area contributed by atoms with Gasteiger partial charge in [0.2, 0.25) is 0 Å². The van der Waals surface area contributed by atoms with E-state index in [9.17, 15) is 9.59 Å². The molecule has 1 fully saturated rings. The molecule has 0 aromatic heterocycles. The van der Waals surface area contributed by atoms with Crippen molar-refractivity contribution in [3.63, 3.8) is 0 Å². The molecule has 4 rings (SSSR count). The summed E-state index contributed by atoms with van der Waals surface area (Å²) in [6.45, 7) is 4.69. The number of urea groups is 1.